The smallest absolute Gasteiger partial charge is 0.147 e. The van der Waals surface area contributed by atoms with Gasteiger partial charge >= 0.3 is 0 Å². The number of benzene rings is 1. The van der Waals surface area contributed by atoms with Gasteiger partial charge in [0.2, 0.25) is 0 Å². The van der Waals surface area contributed by atoms with E-state index in [0.717, 1.165) is 31.9 Å². The van der Waals surface area contributed by atoms with Crippen molar-refractivity contribution in [1.29, 1.82) is 0 Å². The van der Waals surface area contributed by atoms with E-state index in [1.165, 1.54) is 11.3 Å². The zero-order valence-electron chi connectivity index (χ0n) is 11.8. The van der Waals surface area contributed by atoms with Crippen LogP contribution in [0.3, 0.4) is 0 Å². The lowest BCUT2D eigenvalue weighted by molar-refractivity contribution is 0.487. The standard InChI is InChI=1S/C16H20N4/c1-2-17-14-8-11-20(12-16-18-9-5-10-19-16)15-7-4-3-6-13(14)15/h3-7,9-10,14,17H,2,8,11-12H2,1H3. The van der Waals surface area contributed by atoms with Crippen LogP contribution >= 0.6 is 0 Å². The molecule has 0 bridgehead atoms. The summed E-state index contributed by atoms with van der Waals surface area (Å²) in [4.78, 5) is 11.0. The Hall–Kier alpha value is -1.94. The fourth-order valence-corrected chi connectivity index (χ4v) is 2.84. The minimum absolute atomic E-state index is 0.462. The average molecular weight is 268 g/mol. The average Bonchev–Trinajstić information content (AvgIpc) is 2.51. The van der Waals surface area contributed by atoms with Crippen molar-refractivity contribution in [1.82, 2.24) is 15.3 Å². The van der Waals surface area contributed by atoms with Crippen molar-refractivity contribution in [3.8, 4) is 0 Å². The van der Waals surface area contributed by atoms with Gasteiger partial charge in [-0.1, -0.05) is 25.1 Å². The Morgan fingerprint density at radius 2 is 2.00 bits per heavy atom. The van der Waals surface area contributed by atoms with Crippen LogP contribution in [0.1, 0.15) is 30.8 Å². The first kappa shape index (κ1) is 13.1. The minimum Gasteiger partial charge on any atom is -0.364 e. The van der Waals surface area contributed by atoms with E-state index in [1.54, 1.807) is 12.4 Å². The molecule has 104 valence electrons. The molecule has 1 atom stereocenters. The third-order valence-corrected chi connectivity index (χ3v) is 3.74. The van der Waals surface area contributed by atoms with Crippen LogP contribution in [-0.2, 0) is 6.54 Å². The first-order valence-electron chi connectivity index (χ1n) is 7.21. The minimum atomic E-state index is 0.462. The van der Waals surface area contributed by atoms with Crippen molar-refractivity contribution in [3.63, 3.8) is 0 Å². The lowest BCUT2D eigenvalue weighted by Crippen LogP contribution is -2.35. The van der Waals surface area contributed by atoms with Gasteiger partial charge in [0.05, 0.1) is 6.54 Å². The maximum Gasteiger partial charge on any atom is 0.147 e. The number of hydrogen-bond donors (Lipinski definition) is 1. The quantitative estimate of drug-likeness (QED) is 0.925. The third-order valence-electron chi connectivity index (χ3n) is 3.74. The number of fused-ring (bicyclic) bond motifs is 1. The summed E-state index contributed by atoms with van der Waals surface area (Å²) in [5.41, 5.74) is 2.69. The molecule has 2 heterocycles. The Kier molecular flexibility index (Phi) is 3.92. The van der Waals surface area contributed by atoms with Gasteiger partial charge in [-0.25, -0.2) is 9.97 Å². The summed E-state index contributed by atoms with van der Waals surface area (Å²) in [6.07, 6.45) is 4.73. The van der Waals surface area contributed by atoms with Crippen molar-refractivity contribution >= 4 is 5.69 Å². The van der Waals surface area contributed by atoms with Gasteiger partial charge in [0.15, 0.2) is 0 Å². The summed E-state index contributed by atoms with van der Waals surface area (Å²) in [6, 6.07) is 11.0. The predicted molar refractivity (Wildman–Crippen MR) is 80.6 cm³/mol. The van der Waals surface area contributed by atoms with Crippen LogP contribution in [0.25, 0.3) is 0 Å². The van der Waals surface area contributed by atoms with Gasteiger partial charge in [0, 0.05) is 30.7 Å². The maximum absolute atomic E-state index is 4.33. The highest BCUT2D eigenvalue weighted by Gasteiger charge is 2.24. The Morgan fingerprint density at radius 3 is 2.80 bits per heavy atom. The number of nitrogens with one attached hydrogen (secondary N) is 1. The number of rotatable bonds is 4. The van der Waals surface area contributed by atoms with Gasteiger partial charge in [-0.2, -0.15) is 0 Å². The monoisotopic (exact) mass is 268 g/mol. The summed E-state index contributed by atoms with van der Waals surface area (Å²) in [5, 5.41) is 3.57. The van der Waals surface area contributed by atoms with E-state index in [2.05, 4.69) is 51.4 Å². The lowest BCUT2D eigenvalue weighted by atomic mass is 9.96. The molecule has 0 saturated heterocycles. The fourth-order valence-electron chi connectivity index (χ4n) is 2.84. The molecular formula is C16H20N4. The van der Waals surface area contributed by atoms with E-state index in [9.17, 15) is 0 Å². The van der Waals surface area contributed by atoms with Crippen LogP contribution in [0.2, 0.25) is 0 Å². The van der Waals surface area contributed by atoms with E-state index < -0.39 is 0 Å². The second kappa shape index (κ2) is 6.01. The zero-order valence-corrected chi connectivity index (χ0v) is 11.8. The molecular weight excluding hydrogens is 248 g/mol. The SMILES string of the molecule is CCNC1CCN(Cc2ncccn2)c2ccccc21. The number of anilines is 1. The number of hydrogen-bond acceptors (Lipinski definition) is 4. The Bertz CT molecular complexity index is 555. The van der Waals surface area contributed by atoms with Crippen LogP contribution in [-0.4, -0.2) is 23.1 Å². The van der Waals surface area contributed by atoms with Crippen molar-refractivity contribution < 1.29 is 0 Å². The van der Waals surface area contributed by atoms with Crippen molar-refractivity contribution in [2.45, 2.75) is 25.9 Å². The number of para-hydroxylation sites is 1. The molecule has 20 heavy (non-hydrogen) atoms. The molecule has 1 aromatic carbocycles. The molecule has 2 aromatic rings. The van der Waals surface area contributed by atoms with E-state index in [0.29, 0.717) is 6.04 Å². The van der Waals surface area contributed by atoms with Crippen LogP contribution in [0, 0.1) is 0 Å². The molecule has 0 fully saturated rings. The van der Waals surface area contributed by atoms with Crippen molar-refractivity contribution in [3.05, 3.63) is 54.1 Å². The Labute approximate surface area is 119 Å². The van der Waals surface area contributed by atoms with Crippen LogP contribution < -0.4 is 10.2 Å². The topological polar surface area (TPSA) is 41.0 Å². The van der Waals surface area contributed by atoms with Gasteiger partial charge in [-0.3, -0.25) is 0 Å². The van der Waals surface area contributed by atoms with Gasteiger partial charge in [-0.15, -0.1) is 0 Å². The Morgan fingerprint density at radius 1 is 1.20 bits per heavy atom. The van der Waals surface area contributed by atoms with Gasteiger partial charge in [-0.05, 0) is 30.7 Å². The van der Waals surface area contributed by atoms with Gasteiger partial charge in [0.1, 0.15) is 5.82 Å². The molecule has 0 spiro atoms. The molecule has 4 heteroatoms. The molecule has 4 nitrogen and oxygen atoms in total. The molecule has 1 aliphatic rings. The highest BCUT2D eigenvalue weighted by Crippen LogP contribution is 2.34. The molecule has 1 N–H and O–H groups in total. The van der Waals surface area contributed by atoms with Crippen molar-refractivity contribution in [2.24, 2.45) is 0 Å². The normalized spacial score (nSPS) is 17.9. The van der Waals surface area contributed by atoms with Gasteiger partial charge < -0.3 is 10.2 Å². The summed E-state index contributed by atoms with van der Waals surface area (Å²) < 4.78 is 0. The molecule has 0 saturated carbocycles. The first-order chi connectivity index (χ1) is 9.88. The van der Waals surface area contributed by atoms with E-state index in [1.807, 2.05) is 6.07 Å². The molecule has 1 aromatic heterocycles. The van der Waals surface area contributed by atoms with E-state index in [4.69, 9.17) is 0 Å². The van der Waals surface area contributed by atoms with Gasteiger partial charge in [0.25, 0.3) is 0 Å². The number of aromatic nitrogens is 2. The van der Waals surface area contributed by atoms with E-state index >= 15 is 0 Å². The molecule has 0 radical (unpaired) electrons. The lowest BCUT2D eigenvalue weighted by Gasteiger charge is -2.35. The second-order valence-corrected chi connectivity index (χ2v) is 5.04. The molecule has 0 amide bonds. The highest BCUT2D eigenvalue weighted by atomic mass is 15.2. The third kappa shape index (κ3) is 2.65. The predicted octanol–water partition coefficient (Wildman–Crippen LogP) is 2.54. The summed E-state index contributed by atoms with van der Waals surface area (Å²) in [6.45, 7) is 4.97. The van der Waals surface area contributed by atoms with Crippen LogP contribution in [0.15, 0.2) is 42.7 Å². The largest absolute Gasteiger partial charge is 0.364 e. The summed E-state index contributed by atoms with van der Waals surface area (Å²) >= 11 is 0. The molecule has 3 rings (SSSR count). The second-order valence-electron chi connectivity index (χ2n) is 5.04. The fraction of sp³-hybridized carbons (Fsp3) is 0.375. The van der Waals surface area contributed by atoms with Crippen LogP contribution in [0.4, 0.5) is 5.69 Å². The van der Waals surface area contributed by atoms with Crippen LogP contribution in [0.5, 0.6) is 0 Å². The molecule has 1 aliphatic heterocycles. The summed E-state index contributed by atoms with van der Waals surface area (Å²) in [7, 11) is 0. The number of nitrogens with zero attached hydrogens (tertiary/aromatic N) is 3. The summed E-state index contributed by atoms with van der Waals surface area (Å²) in [5.74, 6) is 0.879. The zero-order chi connectivity index (χ0) is 13.8. The Balaban J connectivity index is 1.85. The van der Waals surface area contributed by atoms with E-state index in [-0.39, 0.29) is 0 Å². The molecule has 1 unspecified atom stereocenters. The maximum atomic E-state index is 4.33. The first-order valence-corrected chi connectivity index (χ1v) is 7.21. The van der Waals surface area contributed by atoms with Crippen molar-refractivity contribution in [2.75, 3.05) is 18.0 Å². The molecule has 0 aliphatic carbocycles. The highest BCUT2D eigenvalue weighted by molar-refractivity contribution is 5.56.